The number of carboxylic acids is 2. The molecule has 46 heavy (non-hydrogen) atoms. The minimum Gasteiger partial charge on any atom is -0.481 e. The highest BCUT2D eigenvalue weighted by Crippen LogP contribution is 2.35. The van der Waals surface area contributed by atoms with Crippen molar-refractivity contribution in [2.75, 3.05) is 13.1 Å². The van der Waals surface area contributed by atoms with Crippen LogP contribution in [0.5, 0.6) is 0 Å². The van der Waals surface area contributed by atoms with Gasteiger partial charge in [-0.25, -0.2) is 9.59 Å². The van der Waals surface area contributed by atoms with Crippen LogP contribution in [0, 0.1) is 11.8 Å². The monoisotopic (exact) mass is 662 g/mol. The minimum absolute atomic E-state index is 0.123. The molecule has 0 spiro atoms. The number of piperidine rings is 2. The first-order valence-corrected chi connectivity index (χ1v) is 14.1. The smallest absolute Gasteiger partial charge is 0.410 e. The van der Waals surface area contributed by atoms with Gasteiger partial charge < -0.3 is 19.7 Å². The Labute approximate surface area is 259 Å². The molecule has 2 aromatic rings. The fourth-order valence-corrected chi connectivity index (χ4v) is 5.03. The predicted octanol–water partition coefficient (Wildman–Crippen LogP) is 6.10. The lowest BCUT2D eigenvalue weighted by atomic mass is 9.93. The number of halogens is 6. The molecule has 2 amide bonds. The molecule has 10 nitrogen and oxygen atoms in total. The van der Waals surface area contributed by atoms with Crippen LogP contribution in [0.25, 0.3) is 0 Å². The fourth-order valence-electron chi connectivity index (χ4n) is 5.03. The summed E-state index contributed by atoms with van der Waals surface area (Å²) >= 11 is 0. The van der Waals surface area contributed by atoms with Crippen LogP contribution in [-0.2, 0) is 32.3 Å². The number of rotatable bonds is 6. The van der Waals surface area contributed by atoms with Gasteiger partial charge in [0.05, 0.1) is 11.8 Å². The number of carbonyl (C=O) groups excluding carboxylic acids is 2. The van der Waals surface area contributed by atoms with Gasteiger partial charge in [-0.05, 0) is 36.8 Å². The van der Waals surface area contributed by atoms with Crippen molar-refractivity contribution in [3.63, 3.8) is 0 Å². The third-order valence-corrected chi connectivity index (χ3v) is 7.50. The average Bonchev–Trinajstić information content (AvgIpc) is 3.02. The van der Waals surface area contributed by atoms with E-state index in [1.807, 2.05) is 0 Å². The Bertz CT molecular complexity index is 1220. The van der Waals surface area contributed by atoms with Gasteiger partial charge >= 0.3 is 36.5 Å². The molecule has 0 radical (unpaired) electrons. The minimum atomic E-state index is -4.62. The lowest BCUT2D eigenvalue weighted by molar-refractivity contribution is -0.191. The van der Waals surface area contributed by atoms with Gasteiger partial charge in [-0.3, -0.25) is 19.4 Å². The molecule has 2 heterocycles. The van der Waals surface area contributed by atoms with Crippen LogP contribution in [0.3, 0.4) is 0 Å². The van der Waals surface area contributed by atoms with Crippen molar-refractivity contribution in [2.45, 2.75) is 63.3 Å². The maximum absolute atomic E-state index is 13.0. The van der Waals surface area contributed by atoms with Crippen molar-refractivity contribution in [1.29, 1.82) is 0 Å². The highest BCUT2D eigenvalue weighted by atomic mass is 19.4. The van der Waals surface area contributed by atoms with E-state index in [1.54, 1.807) is 60.7 Å². The fraction of sp³-hybridized carbons (Fsp3) is 0.467. The molecule has 2 saturated heterocycles. The van der Waals surface area contributed by atoms with Gasteiger partial charge in [-0.2, -0.15) is 26.3 Å². The summed E-state index contributed by atoms with van der Waals surface area (Å²) in [7, 11) is 0. The number of likely N-dealkylation sites (tertiary alicyclic amines) is 2. The van der Waals surface area contributed by atoms with Crippen molar-refractivity contribution in [3.05, 3.63) is 71.8 Å². The van der Waals surface area contributed by atoms with Crippen LogP contribution in [0.1, 0.15) is 36.8 Å². The third-order valence-electron chi connectivity index (χ3n) is 7.50. The average molecular weight is 663 g/mol. The summed E-state index contributed by atoms with van der Waals surface area (Å²) in [5.74, 6) is -4.46. The Morgan fingerprint density at radius 3 is 1.22 bits per heavy atom. The van der Waals surface area contributed by atoms with Crippen LogP contribution in [0.4, 0.5) is 35.9 Å². The molecular weight excluding hydrogens is 630 g/mol. The normalized spacial score (nSPS) is 21.8. The van der Waals surface area contributed by atoms with Crippen molar-refractivity contribution in [1.82, 2.24) is 9.80 Å². The maximum atomic E-state index is 13.0. The zero-order valence-corrected chi connectivity index (χ0v) is 24.2. The number of hydrogen-bond acceptors (Lipinski definition) is 6. The number of nitrogens with zero attached hydrogens (tertiary/aromatic N) is 2. The summed E-state index contributed by atoms with van der Waals surface area (Å²) in [5, 5.41) is 17.9. The number of carboxylic acid groups (broad SMARTS) is 2. The van der Waals surface area contributed by atoms with Gasteiger partial charge in [-0.15, -0.1) is 0 Å². The molecule has 4 atom stereocenters. The summed E-state index contributed by atoms with van der Waals surface area (Å²) in [4.78, 5) is 47.0. The molecule has 0 unspecified atom stereocenters. The molecule has 0 aliphatic carbocycles. The van der Waals surface area contributed by atoms with E-state index in [4.69, 9.17) is 19.7 Å². The van der Waals surface area contributed by atoms with Crippen molar-refractivity contribution < 1.29 is 65.2 Å². The molecule has 0 aromatic heterocycles. The first kappa shape index (κ1) is 36.0. The van der Waals surface area contributed by atoms with Gasteiger partial charge in [0.1, 0.15) is 25.3 Å². The van der Waals surface area contributed by atoms with Crippen LogP contribution < -0.4 is 0 Å². The summed E-state index contributed by atoms with van der Waals surface area (Å²) < 4.78 is 88.1. The first-order chi connectivity index (χ1) is 21.6. The summed E-state index contributed by atoms with van der Waals surface area (Å²) in [5.41, 5.74) is 1.27. The van der Waals surface area contributed by atoms with E-state index in [2.05, 4.69) is 0 Å². The van der Waals surface area contributed by atoms with Gasteiger partial charge in [0.2, 0.25) is 0 Å². The predicted molar refractivity (Wildman–Crippen MR) is 147 cm³/mol. The molecule has 2 N–H and O–H groups in total. The molecular formula is C30H32F6N2O8. The molecule has 0 saturated carbocycles. The number of hydrogen-bond donors (Lipinski definition) is 2. The number of aliphatic carboxylic acids is 2. The summed E-state index contributed by atoms with van der Waals surface area (Å²) in [6.07, 6.45) is -12.7. The summed E-state index contributed by atoms with van der Waals surface area (Å²) in [6.45, 7) is -1.35. The third kappa shape index (κ3) is 10.3. The zero-order chi connectivity index (χ0) is 34.1. The number of ether oxygens (including phenoxy) is 2. The molecule has 2 fully saturated rings. The molecule has 2 aliphatic heterocycles. The van der Waals surface area contributed by atoms with Gasteiger partial charge in [0.25, 0.3) is 0 Å². The number of amides is 2. The highest BCUT2D eigenvalue weighted by molar-refractivity contribution is 5.74. The van der Waals surface area contributed by atoms with Crippen LogP contribution in [0.2, 0.25) is 0 Å². The number of carbonyl (C=O) groups is 4. The molecule has 2 aromatic carbocycles. The number of benzene rings is 2. The van der Waals surface area contributed by atoms with E-state index in [0.29, 0.717) is 20.9 Å². The number of alkyl halides is 6. The Kier molecular flexibility index (Phi) is 12.3. The van der Waals surface area contributed by atoms with E-state index < -0.39 is 86.3 Å². The zero-order valence-electron chi connectivity index (χ0n) is 24.2. The topological polar surface area (TPSA) is 134 Å². The lowest BCUT2D eigenvalue weighted by Crippen LogP contribution is -2.54. The van der Waals surface area contributed by atoms with Crippen molar-refractivity contribution >= 4 is 24.1 Å². The second-order valence-electron chi connectivity index (χ2n) is 10.7. The lowest BCUT2D eigenvalue weighted by Gasteiger charge is -2.38. The molecule has 2 aliphatic rings. The second-order valence-corrected chi connectivity index (χ2v) is 10.7. The Morgan fingerprint density at radius 1 is 0.609 bits per heavy atom. The standard InChI is InChI=1S/2C15H16F3NO4/c2*16-15(17,18)12-7-6-11(13(20)21)8-19(12)14(22)23-9-10-4-2-1-3-5-10/h2*1-5,11-12H,6-9H2,(H,20,21)/t2*11-,12-/m10/s1. The van der Waals surface area contributed by atoms with Crippen LogP contribution >= 0.6 is 0 Å². The van der Waals surface area contributed by atoms with Crippen LogP contribution in [0.15, 0.2) is 60.7 Å². The van der Waals surface area contributed by atoms with Gasteiger partial charge in [-0.1, -0.05) is 60.7 Å². The van der Waals surface area contributed by atoms with E-state index >= 15 is 0 Å². The van der Waals surface area contributed by atoms with Crippen molar-refractivity contribution in [3.8, 4) is 0 Å². The van der Waals surface area contributed by atoms with E-state index in [0.717, 1.165) is 0 Å². The highest BCUT2D eigenvalue weighted by Gasteiger charge is 2.51. The van der Waals surface area contributed by atoms with Gasteiger partial charge in [0.15, 0.2) is 0 Å². The SMILES string of the molecule is O=C(O)[C@@H]1CC[C@H](C(F)(F)F)N(C(=O)OCc2ccccc2)C1.O=C(O)[C@H]1CC[C@@H](C(F)(F)F)N(C(=O)OCc2ccccc2)C1. The van der Waals surface area contributed by atoms with Crippen LogP contribution in [-0.4, -0.2) is 81.7 Å². The van der Waals surface area contributed by atoms with E-state index in [9.17, 15) is 45.5 Å². The Hall–Kier alpha value is -4.50. The first-order valence-electron chi connectivity index (χ1n) is 14.1. The maximum Gasteiger partial charge on any atom is 0.410 e. The van der Waals surface area contributed by atoms with Crippen molar-refractivity contribution in [2.24, 2.45) is 11.8 Å². The molecule has 0 bridgehead atoms. The van der Waals surface area contributed by atoms with E-state index in [1.165, 1.54) is 0 Å². The second kappa shape index (κ2) is 15.7. The molecule has 252 valence electrons. The van der Waals surface area contributed by atoms with E-state index in [-0.39, 0.29) is 26.1 Å². The Morgan fingerprint density at radius 2 is 0.935 bits per heavy atom. The summed E-state index contributed by atoms with van der Waals surface area (Å²) in [6, 6.07) is 13.0. The largest absolute Gasteiger partial charge is 0.481 e. The Balaban J connectivity index is 0.000000250. The molecule has 4 rings (SSSR count). The molecule has 16 heteroatoms. The quantitative estimate of drug-likeness (QED) is 0.355. The van der Waals surface area contributed by atoms with Gasteiger partial charge in [0, 0.05) is 13.1 Å².